The van der Waals surface area contributed by atoms with Gasteiger partial charge in [0.2, 0.25) is 0 Å². The summed E-state index contributed by atoms with van der Waals surface area (Å²) in [6.07, 6.45) is 0. The van der Waals surface area contributed by atoms with Gasteiger partial charge in [-0.25, -0.2) is 14.2 Å². The van der Waals surface area contributed by atoms with Gasteiger partial charge >= 0.3 is 5.97 Å². The molecule has 0 aliphatic carbocycles. The second-order valence-electron chi connectivity index (χ2n) is 9.22. The summed E-state index contributed by atoms with van der Waals surface area (Å²) in [5.74, 6) is 0.0184. The van der Waals surface area contributed by atoms with E-state index >= 15 is 0 Å². The number of benzene rings is 4. The number of hydrogen-bond acceptors (Lipinski definition) is 7. The van der Waals surface area contributed by atoms with E-state index in [0.717, 1.165) is 22.3 Å². The molecule has 0 bridgehead atoms. The van der Waals surface area contributed by atoms with Crippen molar-refractivity contribution < 1.29 is 23.8 Å². The van der Waals surface area contributed by atoms with E-state index < -0.39 is 5.97 Å². The summed E-state index contributed by atoms with van der Waals surface area (Å²) in [6.45, 7) is 2.87. The number of ether oxygens (including phenoxy) is 2. The predicted octanol–water partition coefficient (Wildman–Crippen LogP) is 6.95. The maximum atomic E-state index is 13.7. The number of carbonyl (C=O) groups is 1. The lowest BCUT2D eigenvalue weighted by Gasteiger charge is -2.14. The number of azo groups is 1. The monoisotopic (exact) mass is 549 g/mol. The van der Waals surface area contributed by atoms with Crippen molar-refractivity contribution in [3.05, 3.63) is 107 Å². The SMILES string of the molecule is CCOc1nc2cccc(C(=O)O)c2n1Cc1ccc(-c2cc(Oc3cccc(F)c3)ccc2C2=NCN=N2)cc1. The molecule has 5 aromatic rings. The molecule has 0 saturated carbocycles. The Labute approximate surface area is 234 Å². The van der Waals surface area contributed by atoms with Gasteiger partial charge in [0.1, 0.15) is 17.3 Å². The second kappa shape index (κ2) is 11.0. The van der Waals surface area contributed by atoms with Crippen LogP contribution in [0.2, 0.25) is 0 Å². The minimum Gasteiger partial charge on any atom is -0.478 e. The molecule has 0 spiro atoms. The first kappa shape index (κ1) is 25.9. The summed E-state index contributed by atoms with van der Waals surface area (Å²) >= 11 is 0. The van der Waals surface area contributed by atoms with Crippen LogP contribution in [0.4, 0.5) is 4.39 Å². The predicted molar refractivity (Wildman–Crippen MR) is 152 cm³/mol. The normalized spacial score (nSPS) is 12.5. The van der Waals surface area contributed by atoms with Gasteiger partial charge in [-0.2, -0.15) is 10.1 Å². The zero-order valence-electron chi connectivity index (χ0n) is 22.0. The second-order valence-corrected chi connectivity index (χ2v) is 9.22. The molecule has 2 heterocycles. The van der Waals surface area contributed by atoms with Crippen LogP contribution in [0.3, 0.4) is 0 Å². The van der Waals surface area contributed by atoms with Crippen molar-refractivity contribution in [3.63, 3.8) is 0 Å². The zero-order chi connectivity index (χ0) is 28.3. The molecule has 0 unspecified atom stereocenters. The molecule has 204 valence electrons. The van der Waals surface area contributed by atoms with Crippen molar-refractivity contribution in [2.45, 2.75) is 13.5 Å². The Balaban J connectivity index is 1.36. The van der Waals surface area contributed by atoms with Gasteiger partial charge in [-0.15, -0.1) is 5.11 Å². The van der Waals surface area contributed by atoms with Crippen LogP contribution in [0.25, 0.3) is 22.2 Å². The Kier molecular flexibility index (Phi) is 6.95. The summed E-state index contributed by atoms with van der Waals surface area (Å²) in [7, 11) is 0. The van der Waals surface area contributed by atoms with Crippen LogP contribution in [-0.4, -0.2) is 39.7 Å². The Morgan fingerprint density at radius 2 is 1.78 bits per heavy atom. The highest BCUT2D eigenvalue weighted by atomic mass is 19.1. The van der Waals surface area contributed by atoms with Crippen LogP contribution in [0.1, 0.15) is 28.4 Å². The summed E-state index contributed by atoms with van der Waals surface area (Å²) in [4.78, 5) is 20.9. The standard InChI is InChI=1S/C31H24FN5O4/c1-2-40-31-35-27-8-4-7-25(30(38)39)28(27)37(31)17-19-9-11-20(12-10-19)26-16-23(41-22-6-3-5-21(32)15-22)13-14-24(26)29-33-18-34-36-29/h3-16H,2,17-18H2,1H3,(H,38,39). The minimum absolute atomic E-state index is 0.156. The van der Waals surface area contributed by atoms with Gasteiger partial charge < -0.3 is 14.6 Å². The van der Waals surface area contributed by atoms with E-state index in [1.807, 2.05) is 43.3 Å². The van der Waals surface area contributed by atoms with Gasteiger partial charge in [0.25, 0.3) is 6.01 Å². The smallest absolute Gasteiger partial charge is 0.337 e. The first-order valence-corrected chi connectivity index (χ1v) is 12.9. The first-order chi connectivity index (χ1) is 20.0. The van der Waals surface area contributed by atoms with E-state index in [1.165, 1.54) is 12.1 Å². The highest BCUT2D eigenvalue weighted by molar-refractivity contribution is 6.05. The van der Waals surface area contributed by atoms with Crippen LogP contribution in [0.15, 0.2) is 100 Å². The van der Waals surface area contributed by atoms with Crippen LogP contribution in [-0.2, 0) is 6.54 Å². The topological polar surface area (TPSA) is 111 Å². The molecule has 0 fully saturated rings. The number of carboxylic acid groups (broad SMARTS) is 1. The van der Waals surface area contributed by atoms with Gasteiger partial charge in [-0.3, -0.25) is 4.57 Å². The third kappa shape index (κ3) is 5.27. The van der Waals surface area contributed by atoms with Gasteiger partial charge in [-0.1, -0.05) is 36.4 Å². The van der Waals surface area contributed by atoms with E-state index in [-0.39, 0.29) is 18.0 Å². The Bertz CT molecular complexity index is 1830. The number of carboxylic acids is 1. The van der Waals surface area contributed by atoms with E-state index in [0.29, 0.717) is 47.5 Å². The van der Waals surface area contributed by atoms with Gasteiger partial charge in [0.05, 0.1) is 29.7 Å². The number of nitrogens with zero attached hydrogens (tertiary/aromatic N) is 5. The van der Waals surface area contributed by atoms with Crippen molar-refractivity contribution in [2.24, 2.45) is 15.2 Å². The maximum Gasteiger partial charge on any atom is 0.337 e. The number of para-hydroxylation sites is 1. The molecule has 1 aliphatic heterocycles. The highest BCUT2D eigenvalue weighted by Gasteiger charge is 2.20. The van der Waals surface area contributed by atoms with Gasteiger partial charge in [0.15, 0.2) is 12.5 Å². The quantitative estimate of drug-likeness (QED) is 0.214. The number of halogens is 1. The highest BCUT2D eigenvalue weighted by Crippen LogP contribution is 2.33. The summed E-state index contributed by atoms with van der Waals surface area (Å²) in [5.41, 5.74) is 4.62. The molecule has 0 atom stereocenters. The third-order valence-corrected chi connectivity index (χ3v) is 6.55. The molecular formula is C31H24FN5O4. The number of hydrogen-bond donors (Lipinski definition) is 1. The lowest BCUT2D eigenvalue weighted by molar-refractivity contribution is 0.0698. The minimum atomic E-state index is -1.03. The Morgan fingerprint density at radius 1 is 0.976 bits per heavy atom. The maximum absolute atomic E-state index is 13.7. The average Bonchev–Trinajstić information content (AvgIpc) is 3.62. The van der Waals surface area contributed by atoms with Crippen LogP contribution in [0, 0.1) is 5.82 Å². The Hall–Kier alpha value is -5.38. The molecule has 6 rings (SSSR count). The fraction of sp³-hybridized carbons (Fsp3) is 0.129. The van der Waals surface area contributed by atoms with Gasteiger partial charge in [0, 0.05) is 11.6 Å². The summed E-state index contributed by atoms with van der Waals surface area (Å²) < 4.78 is 27.2. The largest absolute Gasteiger partial charge is 0.478 e. The molecule has 41 heavy (non-hydrogen) atoms. The van der Waals surface area contributed by atoms with Crippen molar-refractivity contribution in [1.29, 1.82) is 0 Å². The number of imidazole rings is 1. The van der Waals surface area contributed by atoms with Crippen molar-refractivity contribution in [3.8, 4) is 28.6 Å². The summed E-state index contributed by atoms with van der Waals surface area (Å²) in [6, 6.07) is 24.7. The van der Waals surface area contributed by atoms with Crippen LogP contribution < -0.4 is 9.47 Å². The molecule has 0 radical (unpaired) electrons. The number of aromatic nitrogens is 2. The molecule has 1 aromatic heterocycles. The summed E-state index contributed by atoms with van der Waals surface area (Å²) in [5, 5.41) is 17.9. The average molecular weight is 550 g/mol. The van der Waals surface area contributed by atoms with E-state index in [9.17, 15) is 14.3 Å². The molecule has 4 aromatic carbocycles. The van der Waals surface area contributed by atoms with Crippen molar-refractivity contribution in [2.75, 3.05) is 13.3 Å². The Morgan fingerprint density at radius 3 is 2.51 bits per heavy atom. The van der Waals surface area contributed by atoms with Crippen molar-refractivity contribution >= 4 is 22.8 Å². The molecule has 0 amide bonds. The molecule has 10 heteroatoms. The fourth-order valence-corrected chi connectivity index (χ4v) is 4.75. The molecular weight excluding hydrogens is 525 g/mol. The lowest BCUT2D eigenvalue weighted by Crippen LogP contribution is -2.08. The molecule has 0 saturated heterocycles. The number of aliphatic imine (C=N–C) groups is 1. The van der Waals surface area contributed by atoms with E-state index in [1.54, 1.807) is 41.0 Å². The van der Waals surface area contributed by atoms with E-state index in [2.05, 4.69) is 20.2 Å². The van der Waals surface area contributed by atoms with Crippen LogP contribution in [0.5, 0.6) is 17.5 Å². The van der Waals surface area contributed by atoms with Gasteiger partial charge in [-0.05, 0) is 66.1 Å². The third-order valence-electron chi connectivity index (χ3n) is 6.55. The number of aromatic carboxylic acids is 1. The molecule has 1 N–H and O–H groups in total. The molecule has 9 nitrogen and oxygen atoms in total. The fourth-order valence-electron chi connectivity index (χ4n) is 4.75. The number of amidine groups is 1. The molecule has 1 aliphatic rings. The first-order valence-electron chi connectivity index (χ1n) is 12.9. The lowest BCUT2D eigenvalue weighted by atomic mass is 9.97. The van der Waals surface area contributed by atoms with Crippen molar-refractivity contribution in [1.82, 2.24) is 9.55 Å². The number of rotatable bonds is 9. The zero-order valence-corrected chi connectivity index (χ0v) is 22.0. The van der Waals surface area contributed by atoms with E-state index in [4.69, 9.17) is 9.47 Å². The van der Waals surface area contributed by atoms with Crippen LogP contribution >= 0.6 is 0 Å². The number of fused-ring (bicyclic) bond motifs is 1.